The van der Waals surface area contributed by atoms with Crippen molar-refractivity contribution in [2.24, 2.45) is 0 Å². The lowest BCUT2D eigenvalue weighted by Gasteiger charge is -2.17. The van der Waals surface area contributed by atoms with Crippen molar-refractivity contribution in [2.45, 2.75) is 18.9 Å². The summed E-state index contributed by atoms with van der Waals surface area (Å²) < 4.78 is 0. The van der Waals surface area contributed by atoms with Gasteiger partial charge in [-0.15, -0.1) is 0 Å². The van der Waals surface area contributed by atoms with E-state index in [-0.39, 0.29) is 0 Å². The molecule has 3 aromatic rings. The Morgan fingerprint density at radius 1 is 1.27 bits per heavy atom. The summed E-state index contributed by atoms with van der Waals surface area (Å²) in [7, 11) is 0. The fraction of sp³-hybridized carbons (Fsp3) is 0.294. The molecule has 2 aromatic carbocycles. The number of aromatic nitrogens is 3. The van der Waals surface area contributed by atoms with Gasteiger partial charge >= 0.3 is 0 Å². The van der Waals surface area contributed by atoms with Gasteiger partial charge < -0.3 is 0 Å². The fourth-order valence-electron chi connectivity index (χ4n) is 3.33. The topological polar surface area (TPSA) is 44.8 Å². The average Bonchev–Trinajstić information content (AvgIpc) is 3.17. The van der Waals surface area contributed by atoms with Gasteiger partial charge in [0, 0.05) is 24.0 Å². The average molecular weight is 313 g/mol. The number of benzene rings is 2. The van der Waals surface area contributed by atoms with Crippen LogP contribution in [0.15, 0.2) is 42.7 Å². The minimum Gasteiger partial charge on any atom is -0.298 e. The molecule has 1 atom stereocenters. The maximum absolute atomic E-state index is 6.28. The highest BCUT2D eigenvalue weighted by Crippen LogP contribution is 2.29. The molecule has 1 saturated heterocycles. The van der Waals surface area contributed by atoms with Gasteiger partial charge in [-0.25, -0.2) is 4.98 Å². The largest absolute Gasteiger partial charge is 0.298 e. The summed E-state index contributed by atoms with van der Waals surface area (Å²) in [6, 6.07) is 12.5. The van der Waals surface area contributed by atoms with E-state index in [2.05, 4.69) is 50.4 Å². The molecule has 0 saturated carbocycles. The molecule has 1 fully saturated rings. The van der Waals surface area contributed by atoms with E-state index < -0.39 is 0 Å². The molecule has 5 heteroatoms. The van der Waals surface area contributed by atoms with E-state index in [0.29, 0.717) is 5.92 Å². The molecule has 112 valence electrons. The maximum Gasteiger partial charge on any atom is 0.137 e. The third kappa shape index (κ3) is 2.60. The van der Waals surface area contributed by atoms with Crippen LogP contribution in [0.2, 0.25) is 5.02 Å². The van der Waals surface area contributed by atoms with Crippen LogP contribution in [0.25, 0.3) is 10.8 Å². The number of likely N-dealkylation sites (tertiary alicyclic amines) is 1. The van der Waals surface area contributed by atoms with E-state index in [1.807, 2.05) is 6.07 Å². The van der Waals surface area contributed by atoms with Crippen LogP contribution in [0.1, 0.15) is 23.7 Å². The zero-order chi connectivity index (χ0) is 14.9. The SMILES string of the molecule is Clc1cc(CN2CCC(c3ncn[nH]3)C2)c2ccccc2c1. The number of hydrogen-bond donors (Lipinski definition) is 1. The number of aromatic amines is 1. The van der Waals surface area contributed by atoms with E-state index in [1.54, 1.807) is 6.33 Å². The van der Waals surface area contributed by atoms with Crippen molar-refractivity contribution in [1.29, 1.82) is 0 Å². The van der Waals surface area contributed by atoms with Gasteiger partial charge in [0.05, 0.1) is 0 Å². The molecule has 0 amide bonds. The number of fused-ring (bicyclic) bond motifs is 1. The second kappa shape index (κ2) is 5.71. The van der Waals surface area contributed by atoms with Crippen LogP contribution in [0.4, 0.5) is 0 Å². The first kappa shape index (κ1) is 13.7. The number of H-pyrrole nitrogens is 1. The van der Waals surface area contributed by atoms with E-state index in [4.69, 9.17) is 11.6 Å². The molecule has 4 nitrogen and oxygen atoms in total. The van der Waals surface area contributed by atoms with Crippen molar-refractivity contribution in [3.63, 3.8) is 0 Å². The summed E-state index contributed by atoms with van der Waals surface area (Å²) >= 11 is 6.28. The second-order valence-corrected chi connectivity index (χ2v) is 6.31. The summed E-state index contributed by atoms with van der Waals surface area (Å²) in [5, 5.41) is 10.2. The Bertz CT molecular complexity index is 784. The van der Waals surface area contributed by atoms with Gasteiger partial charge in [0.15, 0.2) is 0 Å². The smallest absolute Gasteiger partial charge is 0.137 e. The Morgan fingerprint density at radius 2 is 2.18 bits per heavy atom. The number of nitrogens with zero attached hydrogens (tertiary/aromatic N) is 3. The number of hydrogen-bond acceptors (Lipinski definition) is 3. The van der Waals surface area contributed by atoms with Gasteiger partial charge in [-0.05, 0) is 41.4 Å². The van der Waals surface area contributed by atoms with Crippen LogP contribution in [0, 0.1) is 0 Å². The Labute approximate surface area is 134 Å². The minimum absolute atomic E-state index is 0.452. The zero-order valence-electron chi connectivity index (χ0n) is 12.2. The molecule has 2 heterocycles. The minimum atomic E-state index is 0.452. The van der Waals surface area contributed by atoms with Crippen molar-refractivity contribution in [2.75, 3.05) is 13.1 Å². The lowest BCUT2D eigenvalue weighted by Crippen LogP contribution is -2.20. The molecular formula is C17H17ClN4. The molecule has 1 aliphatic heterocycles. The van der Waals surface area contributed by atoms with Crippen LogP contribution in [0.5, 0.6) is 0 Å². The Morgan fingerprint density at radius 3 is 3.05 bits per heavy atom. The molecule has 1 aliphatic rings. The summed E-state index contributed by atoms with van der Waals surface area (Å²) in [5.41, 5.74) is 1.29. The third-order valence-corrected chi connectivity index (χ3v) is 4.62. The molecule has 22 heavy (non-hydrogen) atoms. The normalized spacial score (nSPS) is 19.0. The Kier molecular flexibility index (Phi) is 3.56. The van der Waals surface area contributed by atoms with E-state index in [9.17, 15) is 0 Å². The highest BCUT2D eigenvalue weighted by atomic mass is 35.5. The van der Waals surface area contributed by atoms with Crippen molar-refractivity contribution in [3.05, 3.63) is 59.1 Å². The molecular weight excluding hydrogens is 296 g/mol. The van der Waals surface area contributed by atoms with Crippen molar-refractivity contribution in [1.82, 2.24) is 20.1 Å². The lowest BCUT2D eigenvalue weighted by atomic mass is 10.0. The first-order chi connectivity index (χ1) is 10.8. The monoisotopic (exact) mass is 312 g/mol. The van der Waals surface area contributed by atoms with Gasteiger partial charge in [-0.2, -0.15) is 5.10 Å². The van der Waals surface area contributed by atoms with Gasteiger partial charge in [0.1, 0.15) is 12.2 Å². The quantitative estimate of drug-likeness (QED) is 0.803. The Balaban J connectivity index is 1.57. The molecule has 0 spiro atoms. The maximum atomic E-state index is 6.28. The number of nitrogens with one attached hydrogen (secondary N) is 1. The first-order valence-corrected chi connectivity index (χ1v) is 7.92. The van der Waals surface area contributed by atoms with Crippen LogP contribution in [0.3, 0.4) is 0 Å². The van der Waals surface area contributed by atoms with Gasteiger partial charge in [-0.3, -0.25) is 10.00 Å². The van der Waals surface area contributed by atoms with Crippen LogP contribution < -0.4 is 0 Å². The van der Waals surface area contributed by atoms with E-state index in [1.165, 1.54) is 16.3 Å². The van der Waals surface area contributed by atoms with Crippen LogP contribution in [-0.2, 0) is 6.54 Å². The molecule has 1 aromatic heterocycles. The van der Waals surface area contributed by atoms with Gasteiger partial charge in [0.2, 0.25) is 0 Å². The van der Waals surface area contributed by atoms with E-state index in [0.717, 1.165) is 36.9 Å². The molecule has 4 rings (SSSR count). The number of halogens is 1. The number of rotatable bonds is 3. The van der Waals surface area contributed by atoms with Crippen molar-refractivity contribution < 1.29 is 0 Å². The van der Waals surface area contributed by atoms with Gasteiger partial charge in [0.25, 0.3) is 0 Å². The van der Waals surface area contributed by atoms with E-state index >= 15 is 0 Å². The standard InChI is InChI=1S/C17H17ClN4/c18-15-7-12-3-1-2-4-16(12)14(8-15)10-22-6-5-13(9-22)17-19-11-20-21-17/h1-4,7-8,11,13H,5-6,9-10H2,(H,19,20,21). The first-order valence-electron chi connectivity index (χ1n) is 7.54. The summed E-state index contributed by atoms with van der Waals surface area (Å²) in [6.07, 6.45) is 2.70. The Hall–Kier alpha value is -1.91. The van der Waals surface area contributed by atoms with Crippen LogP contribution >= 0.6 is 11.6 Å². The predicted octanol–water partition coefficient (Wildman–Crippen LogP) is 3.60. The molecule has 0 radical (unpaired) electrons. The molecule has 0 aliphatic carbocycles. The molecule has 1 N–H and O–H groups in total. The summed E-state index contributed by atoms with van der Waals surface area (Å²) in [5.74, 6) is 1.45. The second-order valence-electron chi connectivity index (χ2n) is 5.88. The van der Waals surface area contributed by atoms with Gasteiger partial charge in [-0.1, -0.05) is 35.9 Å². The fourth-order valence-corrected chi connectivity index (χ4v) is 3.58. The highest BCUT2D eigenvalue weighted by Gasteiger charge is 2.26. The molecule has 0 bridgehead atoms. The highest BCUT2D eigenvalue weighted by molar-refractivity contribution is 6.31. The molecule has 1 unspecified atom stereocenters. The van der Waals surface area contributed by atoms with Crippen molar-refractivity contribution in [3.8, 4) is 0 Å². The predicted molar refractivity (Wildman–Crippen MR) is 88.0 cm³/mol. The summed E-state index contributed by atoms with van der Waals surface area (Å²) in [6.45, 7) is 3.01. The lowest BCUT2D eigenvalue weighted by molar-refractivity contribution is 0.327. The third-order valence-electron chi connectivity index (χ3n) is 4.40. The van der Waals surface area contributed by atoms with Crippen molar-refractivity contribution >= 4 is 22.4 Å². The zero-order valence-corrected chi connectivity index (χ0v) is 12.9. The van der Waals surface area contributed by atoms with Crippen LogP contribution in [-0.4, -0.2) is 33.2 Å². The summed E-state index contributed by atoms with van der Waals surface area (Å²) in [4.78, 5) is 6.75.